The molecule has 2 aromatic carbocycles. The predicted octanol–water partition coefficient (Wildman–Crippen LogP) is 4.14. The number of anilines is 1. The molecule has 0 aromatic heterocycles. The molecule has 0 radical (unpaired) electrons. The quantitative estimate of drug-likeness (QED) is 0.683. The van der Waals surface area contributed by atoms with E-state index in [1.807, 2.05) is 13.8 Å². The van der Waals surface area contributed by atoms with Gasteiger partial charge in [-0.1, -0.05) is 19.9 Å². The van der Waals surface area contributed by atoms with Crippen molar-refractivity contribution in [2.24, 2.45) is 11.1 Å². The van der Waals surface area contributed by atoms with Crippen LogP contribution in [0.4, 0.5) is 10.1 Å². The lowest BCUT2D eigenvalue weighted by molar-refractivity contribution is -0.136. The molecule has 0 saturated carbocycles. The van der Waals surface area contributed by atoms with E-state index >= 15 is 0 Å². The summed E-state index contributed by atoms with van der Waals surface area (Å²) in [5.41, 5.74) is 8.90. The van der Waals surface area contributed by atoms with Gasteiger partial charge in [0.25, 0.3) is 0 Å². The molecule has 0 fully saturated rings. The lowest BCUT2D eigenvalue weighted by Gasteiger charge is -2.44. The van der Waals surface area contributed by atoms with Crippen molar-refractivity contribution < 1.29 is 28.2 Å². The van der Waals surface area contributed by atoms with Gasteiger partial charge in [-0.15, -0.1) is 0 Å². The number of ketones is 1. The molecule has 2 aromatic rings. The number of nitrogens with two attached hydrogens (primary N) is 1. The van der Waals surface area contributed by atoms with Crippen LogP contribution in [0, 0.1) is 11.2 Å². The molecule has 0 bridgehead atoms. The van der Waals surface area contributed by atoms with Gasteiger partial charge >= 0.3 is 5.97 Å². The number of carbonyl (C=O) groups excluding carboxylic acids is 2. The Kier molecular flexibility index (Phi) is 5.11. The molecule has 1 unspecified atom stereocenters. The second kappa shape index (κ2) is 7.90. The molecular weight excluding hydrogens is 439 g/mol. The molecule has 7 nitrogen and oxygen atoms in total. The Bertz CT molecular complexity index is 1260. The number of allylic oxidation sites excluding steroid dienone is 2. The third kappa shape index (κ3) is 3.50. The number of ether oxygens (including phenoxy) is 3. The van der Waals surface area contributed by atoms with E-state index in [-0.39, 0.29) is 29.4 Å². The van der Waals surface area contributed by atoms with Crippen LogP contribution in [0.3, 0.4) is 0 Å². The maximum Gasteiger partial charge on any atom is 0.338 e. The largest absolute Gasteiger partial charge is 0.466 e. The van der Waals surface area contributed by atoms with E-state index in [0.717, 1.165) is 0 Å². The second-order valence-electron chi connectivity index (χ2n) is 9.45. The average molecular weight is 464 g/mol. The van der Waals surface area contributed by atoms with Gasteiger partial charge in [-0.3, -0.25) is 9.69 Å². The van der Waals surface area contributed by atoms with Gasteiger partial charge in [-0.2, -0.15) is 0 Å². The fourth-order valence-electron chi connectivity index (χ4n) is 5.03. The molecule has 1 aliphatic carbocycles. The molecule has 2 aliphatic heterocycles. The van der Waals surface area contributed by atoms with E-state index in [9.17, 15) is 14.0 Å². The zero-order chi connectivity index (χ0) is 24.2. The van der Waals surface area contributed by atoms with Crippen LogP contribution in [0.5, 0.6) is 11.5 Å². The zero-order valence-electron chi connectivity index (χ0n) is 19.2. The maximum atomic E-state index is 13.7. The molecule has 8 heteroatoms. The van der Waals surface area contributed by atoms with Gasteiger partial charge in [-0.05, 0) is 53.8 Å². The standard InChI is InChI=1S/C26H25FN2O5/c1-26(2)11-17-22(18(30)12-26)21(14-4-9-19-20(10-14)34-13-33-19)23(25(31)32-3)24(28)29(17)16-7-5-15(27)6-8-16/h4-10,21H,11-13,28H2,1-3H3. The first-order chi connectivity index (χ1) is 16.2. The summed E-state index contributed by atoms with van der Waals surface area (Å²) in [5.74, 6) is -0.584. The van der Waals surface area contributed by atoms with Crippen LogP contribution in [-0.2, 0) is 14.3 Å². The van der Waals surface area contributed by atoms with Crippen molar-refractivity contribution in [3.05, 3.63) is 76.5 Å². The van der Waals surface area contributed by atoms with E-state index in [0.29, 0.717) is 46.9 Å². The third-order valence-electron chi connectivity index (χ3n) is 6.48. The average Bonchev–Trinajstić information content (AvgIpc) is 3.26. The highest BCUT2D eigenvalue weighted by Gasteiger charge is 2.46. The minimum Gasteiger partial charge on any atom is -0.466 e. The molecule has 2 N–H and O–H groups in total. The van der Waals surface area contributed by atoms with Gasteiger partial charge in [0.2, 0.25) is 6.79 Å². The molecular formula is C26H25FN2O5. The van der Waals surface area contributed by atoms with Gasteiger partial charge < -0.3 is 19.9 Å². The van der Waals surface area contributed by atoms with E-state index in [1.54, 1.807) is 35.2 Å². The van der Waals surface area contributed by atoms with E-state index < -0.39 is 17.7 Å². The number of Topliss-reactive ketones (excluding diaryl/α,β-unsaturated/α-hetero) is 1. The van der Waals surface area contributed by atoms with Gasteiger partial charge in [-0.25, -0.2) is 9.18 Å². The van der Waals surface area contributed by atoms with Crippen LogP contribution in [0.25, 0.3) is 0 Å². The first kappa shape index (κ1) is 22.0. The highest BCUT2D eigenvalue weighted by atomic mass is 19.1. The lowest BCUT2D eigenvalue weighted by Crippen LogP contribution is -2.43. The van der Waals surface area contributed by atoms with E-state index in [1.165, 1.54) is 19.2 Å². The van der Waals surface area contributed by atoms with Crippen molar-refractivity contribution in [2.45, 2.75) is 32.6 Å². The van der Waals surface area contributed by atoms with Crippen molar-refractivity contribution in [3.8, 4) is 11.5 Å². The summed E-state index contributed by atoms with van der Waals surface area (Å²) >= 11 is 0. The SMILES string of the molecule is COC(=O)C1=C(N)N(c2ccc(F)cc2)C2=C(C(=O)CC(C)(C)C2)C1c1ccc2c(c1)OCO2. The van der Waals surface area contributed by atoms with Crippen LogP contribution < -0.4 is 20.1 Å². The molecule has 5 rings (SSSR count). The summed E-state index contributed by atoms with van der Waals surface area (Å²) < 4.78 is 29.8. The highest BCUT2D eigenvalue weighted by molar-refractivity contribution is 6.05. The Hall–Kier alpha value is -3.81. The summed E-state index contributed by atoms with van der Waals surface area (Å²) in [4.78, 5) is 28.4. The zero-order valence-corrected chi connectivity index (χ0v) is 19.2. The Morgan fingerprint density at radius 3 is 2.53 bits per heavy atom. The normalized spacial score (nSPS) is 21.0. The highest BCUT2D eigenvalue weighted by Crippen LogP contribution is 2.51. The molecule has 176 valence electrons. The Balaban J connectivity index is 1.78. The Labute approximate surface area is 196 Å². The summed E-state index contributed by atoms with van der Waals surface area (Å²) in [6.07, 6.45) is 0.861. The number of rotatable bonds is 3. The topological polar surface area (TPSA) is 91.1 Å². The Morgan fingerprint density at radius 1 is 1.12 bits per heavy atom. The molecule has 0 amide bonds. The van der Waals surface area contributed by atoms with E-state index in [4.69, 9.17) is 19.9 Å². The van der Waals surface area contributed by atoms with Crippen LogP contribution in [0.2, 0.25) is 0 Å². The van der Waals surface area contributed by atoms with Gasteiger partial charge in [0.15, 0.2) is 17.3 Å². The number of nitrogens with zero attached hydrogens (tertiary/aromatic N) is 1. The third-order valence-corrected chi connectivity index (χ3v) is 6.48. The Morgan fingerprint density at radius 2 is 1.82 bits per heavy atom. The number of halogens is 1. The maximum absolute atomic E-state index is 13.7. The summed E-state index contributed by atoms with van der Waals surface area (Å²) in [6.45, 7) is 4.14. The van der Waals surface area contributed by atoms with Gasteiger partial charge in [0.05, 0.1) is 18.6 Å². The molecule has 3 aliphatic rings. The predicted molar refractivity (Wildman–Crippen MR) is 122 cm³/mol. The molecule has 1 atom stereocenters. The second-order valence-corrected chi connectivity index (χ2v) is 9.45. The number of fused-ring (bicyclic) bond motifs is 1. The van der Waals surface area contributed by atoms with Crippen LogP contribution >= 0.6 is 0 Å². The van der Waals surface area contributed by atoms with Crippen molar-refractivity contribution >= 4 is 17.4 Å². The number of methoxy groups -OCH3 is 1. The fraction of sp³-hybridized carbons (Fsp3) is 0.308. The van der Waals surface area contributed by atoms with Gasteiger partial charge in [0.1, 0.15) is 11.6 Å². The van der Waals surface area contributed by atoms with Crippen LogP contribution in [0.15, 0.2) is 65.1 Å². The summed E-state index contributed by atoms with van der Waals surface area (Å²) in [5, 5.41) is 0. The summed E-state index contributed by atoms with van der Waals surface area (Å²) in [6, 6.07) is 11.1. The molecule has 34 heavy (non-hydrogen) atoms. The monoisotopic (exact) mass is 464 g/mol. The lowest BCUT2D eigenvalue weighted by atomic mass is 9.68. The minimum absolute atomic E-state index is 0.0741. The van der Waals surface area contributed by atoms with Crippen LogP contribution in [-0.4, -0.2) is 25.7 Å². The molecule has 0 spiro atoms. The van der Waals surface area contributed by atoms with Crippen molar-refractivity contribution in [1.82, 2.24) is 0 Å². The summed E-state index contributed by atoms with van der Waals surface area (Å²) in [7, 11) is 1.28. The smallest absolute Gasteiger partial charge is 0.338 e. The van der Waals surface area contributed by atoms with Crippen LogP contribution in [0.1, 0.15) is 38.2 Å². The molecule has 2 heterocycles. The van der Waals surface area contributed by atoms with Crippen molar-refractivity contribution in [1.29, 1.82) is 0 Å². The van der Waals surface area contributed by atoms with Gasteiger partial charge in [0, 0.05) is 23.4 Å². The number of carbonyl (C=O) groups is 2. The van der Waals surface area contributed by atoms with Crippen molar-refractivity contribution in [3.63, 3.8) is 0 Å². The van der Waals surface area contributed by atoms with E-state index in [2.05, 4.69) is 0 Å². The number of benzene rings is 2. The number of hydrogen-bond donors (Lipinski definition) is 1. The number of esters is 1. The van der Waals surface area contributed by atoms with Crippen molar-refractivity contribution in [2.75, 3.05) is 18.8 Å². The molecule has 0 saturated heterocycles. The number of hydrogen-bond acceptors (Lipinski definition) is 7. The first-order valence-corrected chi connectivity index (χ1v) is 11.0. The minimum atomic E-state index is -0.739. The first-order valence-electron chi connectivity index (χ1n) is 11.0. The fourth-order valence-corrected chi connectivity index (χ4v) is 5.03.